The van der Waals surface area contributed by atoms with E-state index in [-0.39, 0.29) is 13.2 Å². The molecule has 0 amide bonds. The minimum atomic E-state index is -0.578. The van der Waals surface area contributed by atoms with Crippen LogP contribution in [0.25, 0.3) is 0 Å². The molecule has 0 aliphatic heterocycles. The number of rotatable bonds is 6. The largest absolute Gasteiger partial charge is 0.481 e. The Hall–Kier alpha value is -3.33. The van der Waals surface area contributed by atoms with E-state index in [1.54, 1.807) is 48.5 Å². The molecule has 0 radical (unpaired) electrons. The molecule has 0 saturated heterocycles. The number of ether oxygens (including phenoxy) is 3. The van der Waals surface area contributed by atoms with Gasteiger partial charge in [-0.3, -0.25) is 0 Å². The normalized spacial score (nSPS) is 9.67. The zero-order valence-electron chi connectivity index (χ0n) is 13.0. The first-order chi connectivity index (χ1) is 11.6. The van der Waals surface area contributed by atoms with Gasteiger partial charge < -0.3 is 14.2 Å². The molecule has 2 aromatic carbocycles. The van der Waals surface area contributed by atoms with Crippen LogP contribution in [-0.2, 0) is 20.9 Å². The van der Waals surface area contributed by atoms with Crippen molar-refractivity contribution in [3.05, 3.63) is 65.2 Å². The van der Waals surface area contributed by atoms with Gasteiger partial charge >= 0.3 is 11.9 Å². The van der Waals surface area contributed by atoms with E-state index < -0.39 is 11.9 Å². The molecule has 0 heterocycles. The van der Waals surface area contributed by atoms with Crippen LogP contribution in [0.1, 0.15) is 21.5 Å². The summed E-state index contributed by atoms with van der Waals surface area (Å²) < 4.78 is 15.0. The highest BCUT2D eigenvalue weighted by molar-refractivity contribution is 5.89. The molecule has 0 saturated carbocycles. The van der Waals surface area contributed by atoms with Gasteiger partial charge in [-0.05, 0) is 29.8 Å². The molecule has 0 N–H and O–H groups in total. The van der Waals surface area contributed by atoms with E-state index in [0.717, 1.165) is 0 Å². The number of benzene rings is 2. The van der Waals surface area contributed by atoms with E-state index in [0.29, 0.717) is 22.4 Å². The van der Waals surface area contributed by atoms with Crippen molar-refractivity contribution in [2.24, 2.45) is 0 Å². The molecule has 0 aliphatic rings. The van der Waals surface area contributed by atoms with Crippen molar-refractivity contribution in [2.45, 2.75) is 6.61 Å². The Morgan fingerprint density at radius 2 is 1.92 bits per heavy atom. The maximum absolute atomic E-state index is 11.7. The van der Waals surface area contributed by atoms with E-state index in [2.05, 4.69) is 4.74 Å². The Labute approximate surface area is 139 Å². The topological polar surface area (TPSA) is 85.6 Å². The summed E-state index contributed by atoms with van der Waals surface area (Å²) in [5, 5.41) is 8.94. The molecule has 2 aromatic rings. The fraction of sp³-hybridized carbons (Fsp3) is 0.167. The minimum absolute atomic E-state index is 0.00687. The van der Waals surface area contributed by atoms with Gasteiger partial charge in [0.25, 0.3) is 0 Å². The molecule has 0 fully saturated rings. The fourth-order valence-electron chi connectivity index (χ4n) is 1.93. The summed E-state index contributed by atoms with van der Waals surface area (Å²) in [7, 11) is 1.30. The van der Waals surface area contributed by atoms with Crippen molar-refractivity contribution in [1.82, 2.24) is 0 Å². The van der Waals surface area contributed by atoms with Gasteiger partial charge in [0.1, 0.15) is 18.4 Å². The maximum atomic E-state index is 11.7. The summed E-state index contributed by atoms with van der Waals surface area (Å²) in [6, 6.07) is 15.2. The van der Waals surface area contributed by atoms with Crippen LogP contribution in [0.5, 0.6) is 5.75 Å². The average Bonchev–Trinajstić information content (AvgIpc) is 2.64. The summed E-state index contributed by atoms with van der Waals surface area (Å²) in [5.74, 6) is -0.713. The predicted octanol–water partition coefficient (Wildman–Crippen LogP) is 2.47. The first-order valence-corrected chi connectivity index (χ1v) is 7.09. The third-order valence-corrected chi connectivity index (χ3v) is 3.10. The molecule has 0 bridgehead atoms. The van der Waals surface area contributed by atoms with E-state index in [9.17, 15) is 9.59 Å². The zero-order valence-corrected chi connectivity index (χ0v) is 13.0. The molecule has 0 atom stereocenters. The van der Waals surface area contributed by atoms with Crippen LogP contribution in [0.4, 0.5) is 0 Å². The van der Waals surface area contributed by atoms with Crippen molar-refractivity contribution in [2.75, 3.05) is 13.7 Å². The highest BCUT2D eigenvalue weighted by Gasteiger charge is 2.09. The van der Waals surface area contributed by atoms with Crippen molar-refractivity contribution in [1.29, 1.82) is 5.26 Å². The highest BCUT2D eigenvalue weighted by Crippen LogP contribution is 2.16. The second-order valence-electron chi connectivity index (χ2n) is 4.75. The molecule has 24 heavy (non-hydrogen) atoms. The van der Waals surface area contributed by atoms with Crippen LogP contribution in [0, 0.1) is 11.3 Å². The standard InChI is InChI=1S/C18H15NO5/c1-22-18(21)14-7-4-5-13(9-14)11-24-17(20)12-23-16-8-3-2-6-15(16)10-19/h2-9H,11-12H2,1H3. The van der Waals surface area contributed by atoms with E-state index in [4.69, 9.17) is 14.7 Å². The molecule has 6 nitrogen and oxygen atoms in total. The number of nitriles is 1. The van der Waals surface area contributed by atoms with Gasteiger partial charge in [-0.25, -0.2) is 9.59 Å². The number of carbonyl (C=O) groups is 2. The second kappa shape index (κ2) is 8.34. The van der Waals surface area contributed by atoms with Crippen LogP contribution in [0.2, 0.25) is 0 Å². The SMILES string of the molecule is COC(=O)c1cccc(COC(=O)COc2ccccc2C#N)c1. The van der Waals surface area contributed by atoms with Gasteiger partial charge in [0.05, 0.1) is 18.2 Å². The number of hydrogen-bond donors (Lipinski definition) is 0. The number of nitrogens with zero attached hydrogens (tertiary/aromatic N) is 1. The van der Waals surface area contributed by atoms with Crippen molar-refractivity contribution >= 4 is 11.9 Å². The molecule has 0 aromatic heterocycles. The lowest BCUT2D eigenvalue weighted by molar-refractivity contribution is -0.147. The van der Waals surface area contributed by atoms with E-state index in [1.807, 2.05) is 6.07 Å². The van der Waals surface area contributed by atoms with E-state index >= 15 is 0 Å². The molecular weight excluding hydrogens is 310 g/mol. The van der Waals surface area contributed by atoms with Crippen LogP contribution < -0.4 is 4.74 Å². The van der Waals surface area contributed by atoms with Gasteiger partial charge in [-0.2, -0.15) is 5.26 Å². The van der Waals surface area contributed by atoms with Gasteiger partial charge in [-0.15, -0.1) is 0 Å². The lowest BCUT2D eigenvalue weighted by Crippen LogP contribution is -2.15. The average molecular weight is 325 g/mol. The van der Waals surface area contributed by atoms with Gasteiger partial charge in [-0.1, -0.05) is 24.3 Å². The van der Waals surface area contributed by atoms with Gasteiger partial charge in [0.15, 0.2) is 6.61 Å². The predicted molar refractivity (Wildman–Crippen MR) is 84.2 cm³/mol. The smallest absolute Gasteiger partial charge is 0.344 e. The first-order valence-electron chi connectivity index (χ1n) is 7.09. The van der Waals surface area contributed by atoms with Crippen LogP contribution >= 0.6 is 0 Å². The quantitative estimate of drug-likeness (QED) is 0.758. The lowest BCUT2D eigenvalue weighted by Gasteiger charge is -2.08. The Morgan fingerprint density at radius 1 is 1.12 bits per heavy atom. The van der Waals surface area contributed by atoms with Gasteiger partial charge in [0, 0.05) is 0 Å². The third kappa shape index (κ3) is 4.58. The van der Waals surface area contributed by atoms with E-state index in [1.165, 1.54) is 7.11 Å². The van der Waals surface area contributed by atoms with Crippen molar-refractivity contribution in [3.8, 4) is 11.8 Å². The monoisotopic (exact) mass is 325 g/mol. The first kappa shape index (κ1) is 17.0. The Morgan fingerprint density at radius 3 is 2.67 bits per heavy atom. The molecule has 122 valence electrons. The van der Waals surface area contributed by atoms with Crippen LogP contribution in [0.3, 0.4) is 0 Å². The summed E-state index contributed by atoms with van der Waals surface area (Å²) in [6.07, 6.45) is 0. The Bertz CT molecular complexity index is 779. The highest BCUT2D eigenvalue weighted by atomic mass is 16.6. The van der Waals surface area contributed by atoms with Gasteiger partial charge in [0.2, 0.25) is 0 Å². The minimum Gasteiger partial charge on any atom is -0.481 e. The number of methoxy groups -OCH3 is 1. The molecular formula is C18H15NO5. The molecule has 0 unspecified atom stereocenters. The second-order valence-corrected chi connectivity index (χ2v) is 4.75. The molecule has 0 spiro atoms. The summed E-state index contributed by atoms with van der Waals surface area (Å²) in [4.78, 5) is 23.2. The maximum Gasteiger partial charge on any atom is 0.344 e. The number of hydrogen-bond acceptors (Lipinski definition) is 6. The number of esters is 2. The molecule has 6 heteroatoms. The summed E-state index contributed by atoms with van der Waals surface area (Å²) in [5.41, 5.74) is 1.38. The lowest BCUT2D eigenvalue weighted by atomic mass is 10.1. The summed E-state index contributed by atoms with van der Waals surface area (Å²) in [6.45, 7) is -0.303. The number of para-hydroxylation sites is 1. The van der Waals surface area contributed by atoms with Crippen LogP contribution in [0.15, 0.2) is 48.5 Å². The number of carbonyl (C=O) groups excluding carboxylic acids is 2. The van der Waals surface area contributed by atoms with Crippen molar-refractivity contribution < 1.29 is 23.8 Å². The Balaban J connectivity index is 1.88. The third-order valence-electron chi connectivity index (χ3n) is 3.10. The zero-order chi connectivity index (χ0) is 17.4. The molecule has 2 rings (SSSR count). The van der Waals surface area contributed by atoms with Crippen LogP contribution in [-0.4, -0.2) is 25.7 Å². The fourth-order valence-corrected chi connectivity index (χ4v) is 1.93. The summed E-state index contributed by atoms with van der Waals surface area (Å²) >= 11 is 0. The molecule has 0 aliphatic carbocycles. The Kier molecular flexibility index (Phi) is 5.92. The van der Waals surface area contributed by atoms with Crippen molar-refractivity contribution in [3.63, 3.8) is 0 Å².